The van der Waals surface area contributed by atoms with Crippen LogP contribution in [-0.4, -0.2) is 52.0 Å². The highest BCUT2D eigenvalue weighted by molar-refractivity contribution is 5.92. The minimum atomic E-state index is 0.0565. The van der Waals surface area contributed by atoms with E-state index in [0.29, 0.717) is 17.7 Å². The zero-order valence-electron chi connectivity index (χ0n) is 13.5. The van der Waals surface area contributed by atoms with Crippen LogP contribution in [0.15, 0.2) is 6.20 Å². The minimum Gasteiger partial charge on any atom is -0.337 e. The summed E-state index contributed by atoms with van der Waals surface area (Å²) in [5.41, 5.74) is 0.510. The van der Waals surface area contributed by atoms with Crippen LogP contribution < -0.4 is 5.32 Å². The number of hydrogen-bond donors (Lipinski definition) is 1. The molecule has 1 N–H and O–H groups in total. The third kappa shape index (κ3) is 3.48. The van der Waals surface area contributed by atoms with E-state index in [-0.39, 0.29) is 5.91 Å². The molecule has 0 aromatic carbocycles. The van der Waals surface area contributed by atoms with Crippen LogP contribution in [-0.2, 0) is 0 Å². The Bertz CT molecular complexity index is 492. The van der Waals surface area contributed by atoms with Crippen molar-refractivity contribution in [3.63, 3.8) is 0 Å². The highest BCUT2D eigenvalue weighted by Gasteiger charge is 2.26. The van der Waals surface area contributed by atoms with Crippen molar-refractivity contribution in [2.75, 3.05) is 26.2 Å². The number of carbonyl (C=O) groups is 1. The SMILES string of the molecule is CCCC1CCCN(C(=O)c2cn(C3CCNCC3)nn2)C1. The van der Waals surface area contributed by atoms with Crippen LogP contribution in [0.3, 0.4) is 0 Å². The Kier molecular flexibility index (Phi) is 5.08. The molecule has 22 heavy (non-hydrogen) atoms. The quantitative estimate of drug-likeness (QED) is 0.922. The summed E-state index contributed by atoms with van der Waals surface area (Å²) in [6.45, 7) is 5.98. The Morgan fingerprint density at radius 1 is 1.36 bits per heavy atom. The van der Waals surface area contributed by atoms with Crippen molar-refractivity contribution in [1.82, 2.24) is 25.2 Å². The van der Waals surface area contributed by atoms with Crippen LogP contribution in [0.2, 0.25) is 0 Å². The van der Waals surface area contributed by atoms with Gasteiger partial charge in [0, 0.05) is 13.1 Å². The second-order valence-corrected chi connectivity index (χ2v) is 6.61. The van der Waals surface area contributed by atoms with Crippen molar-refractivity contribution in [3.8, 4) is 0 Å². The fourth-order valence-corrected chi connectivity index (χ4v) is 3.68. The van der Waals surface area contributed by atoms with E-state index in [0.717, 1.165) is 45.4 Å². The van der Waals surface area contributed by atoms with E-state index >= 15 is 0 Å². The molecule has 122 valence electrons. The van der Waals surface area contributed by atoms with Gasteiger partial charge < -0.3 is 10.2 Å². The monoisotopic (exact) mass is 305 g/mol. The number of likely N-dealkylation sites (tertiary alicyclic amines) is 1. The molecule has 1 aromatic rings. The molecule has 0 saturated carbocycles. The fourth-order valence-electron chi connectivity index (χ4n) is 3.68. The van der Waals surface area contributed by atoms with Gasteiger partial charge in [0.1, 0.15) is 0 Å². The number of nitrogens with zero attached hydrogens (tertiary/aromatic N) is 4. The second kappa shape index (κ2) is 7.22. The van der Waals surface area contributed by atoms with Gasteiger partial charge in [-0.15, -0.1) is 5.10 Å². The summed E-state index contributed by atoms with van der Waals surface area (Å²) >= 11 is 0. The summed E-state index contributed by atoms with van der Waals surface area (Å²) in [4.78, 5) is 14.6. The van der Waals surface area contributed by atoms with Crippen LogP contribution in [0.4, 0.5) is 0 Å². The van der Waals surface area contributed by atoms with Gasteiger partial charge in [-0.25, -0.2) is 4.68 Å². The van der Waals surface area contributed by atoms with Gasteiger partial charge in [-0.2, -0.15) is 0 Å². The predicted octanol–water partition coefficient (Wildman–Crippen LogP) is 1.85. The standard InChI is InChI=1S/C16H27N5O/c1-2-4-13-5-3-10-20(11-13)16(22)15-12-21(19-18-15)14-6-8-17-9-7-14/h12-14,17H,2-11H2,1H3. The summed E-state index contributed by atoms with van der Waals surface area (Å²) < 4.78 is 1.89. The molecule has 6 nitrogen and oxygen atoms in total. The van der Waals surface area contributed by atoms with E-state index in [1.54, 1.807) is 0 Å². The molecule has 1 amide bonds. The molecule has 3 heterocycles. The first-order valence-electron chi connectivity index (χ1n) is 8.69. The Morgan fingerprint density at radius 3 is 2.95 bits per heavy atom. The van der Waals surface area contributed by atoms with Crippen molar-refractivity contribution < 1.29 is 4.79 Å². The van der Waals surface area contributed by atoms with Crippen molar-refractivity contribution in [2.24, 2.45) is 5.92 Å². The Morgan fingerprint density at radius 2 is 2.18 bits per heavy atom. The molecule has 1 atom stereocenters. The molecule has 0 radical (unpaired) electrons. The third-order valence-corrected chi connectivity index (χ3v) is 4.92. The van der Waals surface area contributed by atoms with E-state index in [9.17, 15) is 4.79 Å². The zero-order chi connectivity index (χ0) is 15.4. The third-order valence-electron chi connectivity index (χ3n) is 4.92. The van der Waals surface area contributed by atoms with Gasteiger partial charge in [0.15, 0.2) is 5.69 Å². The lowest BCUT2D eigenvalue weighted by molar-refractivity contribution is 0.0661. The molecule has 2 aliphatic rings. The topological polar surface area (TPSA) is 63.1 Å². The molecule has 1 unspecified atom stereocenters. The maximum atomic E-state index is 12.6. The summed E-state index contributed by atoms with van der Waals surface area (Å²) in [6.07, 6.45) is 8.72. The molecule has 6 heteroatoms. The molecule has 0 bridgehead atoms. The van der Waals surface area contributed by atoms with E-state index in [4.69, 9.17) is 0 Å². The van der Waals surface area contributed by atoms with Crippen molar-refractivity contribution >= 4 is 5.91 Å². The van der Waals surface area contributed by atoms with Crippen molar-refractivity contribution in [1.29, 1.82) is 0 Å². The van der Waals surface area contributed by atoms with E-state index in [1.807, 2.05) is 15.8 Å². The lowest BCUT2D eigenvalue weighted by Gasteiger charge is -2.32. The van der Waals surface area contributed by atoms with Gasteiger partial charge in [0.25, 0.3) is 5.91 Å². The molecule has 3 rings (SSSR count). The second-order valence-electron chi connectivity index (χ2n) is 6.61. The van der Waals surface area contributed by atoms with Crippen LogP contribution in [0.5, 0.6) is 0 Å². The molecular weight excluding hydrogens is 278 g/mol. The first-order chi connectivity index (χ1) is 10.8. The van der Waals surface area contributed by atoms with Gasteiger partial charge in [0.2, 0.25) is 0 Å². The van der Waals surface area contributed by atoms with Gasteiger partial charge in [0.05, 0.1) is 12.2 Å². The molecular formula is C16H27N5O. The predicted molar refractivity (Wildman–Crippen MR) is 84.7 cm³/mol. The number of carbonyl (C=O) groups excluding carboxylic acids is 1. The Balaban J connectivity index is 1.63. The van der Waals surface area contributed by atoms with Crippen LogP contribution in [0, 0.1) is 5.92 Å². The normalized spacial score (nSPS) is 23.7. The van der Waals surface area contributed by atoms with Gasteiger partial charge in [-0.05, 0) is 51.1 Å². The molecule has 0 aliphatic carbocycles. The molecule has 2 saturated heterocycles. The Labute approximate surface area is 132 Å². The summed E-state index contributed by atoms with van der Waals surface area (Å²) in [6, 6.07) is 0.379. The average Bonchev–Trinajstić information content (AvgIpc) is 3.05. The lowest BCUT2D eigenvalue weighted by atomic mass is 9.93. The first-order valence-corrected chi connectivity index (χ1v) is 8.69. The maximum Gasteiger partial charge on any atom is 0.276 e. The van der Waals surface area contributed by atoms with Crippen molar-refractivity contribution in [3.05, 3.63) is 11.9 Å². The summed E-state index contributed by atoms with van der Waals surface area (Å²) in [5, 5.41) is 11.7. The average molecular weight is 305 g/mol. The van der Waals surface area contributed by atoms with Crippen LogP contribution in [0.25, 0.3) is 0 Å². The van der Waals surface area contributed by atoms with Crippen molar-refractivity contribution in [2.45, 2.75) is 51.5 Å². The zero-order valence-corrected chi connectivity index (χ0v) is 13.5. The molecule has 2 fully saturated rings. The number of amides is 1. The number of aromatic nitrogens is 3. The van der Waals surface area contributed by atoms with E-state index in [1.165, 1.54) is 19.3 Å². The first kappa shape index (κ1) is 15.5. The van der Waals surface area contributed by atoms with E-state index in [2.05, 4.69) is 22.6 Å². The van der Waals surface area contributed by atoms with Gasteiger partial charge in [-0.1, -0.05) is 18.6 Å². The van der Waals surface area contributed by atoms with E-state index < -0.39 is 0 Å². The number of hydrogen-bond acceptors (Lipinski definition) is 4. The molecule has 0 spiro atoms. The summed E-state index contributed by atoms with van der Waals surface area (Å²) in [5.74, 6) is 0.711. The number of piperidine rings is 2. The molecule has 2 aliphatic heterocycles. The number of rotatable bonds is 4. The largest absolute Gasteiger partial charge is 0.337 e. The van der Waals surface area contributed by atoms with Crippen LogP contribution >= 0.6 is 0 Å². The minimum absolute atomic E-state index is 0.0565. The highest BCUT2D eigenvalue weighted by atomic mass is 16.2. The highest BCUT2D eigenvalue weighted by Crippen LogP contribution is 2.22. The lowest BCUT2D eigenvalue weighted by Crippen LogP contribution is -2.40. The van der Waals surface area contributed by atoms with Crippen LogP contribution in [0.1, 0.15) is 62.0 Å². The maximum absolute atomic E-state index is 12.6. The van der Waals surface area contributed by atoms with Gasteiger partial charge >= 0.3 is 0 Å². The smallest absolute Gasteiger partial charge is 0.276 e. The summed E-state index contributed by atoms with van der Waals surface area (Å²) in [7, 11) is 0. The van der Waals surface area contributed by atoms with Gasteiger partial charge in [-0.3, -0.25) is 4.79 Å². The molecule has 1 aromatic heterocycles. The number of nitrogens with one attached hydrogen (secondary N) is 1. The Hall–Kier alpha value is -1.43. The fraction of sp³-hybridized carbons (Fsp3) is 0.812.